The van der Waals surface area contributed by atoms with Crippen LogP contribution in [0.2, 0.25) is 0 Å². The maximum absolute atomic E-state index is 12.4. The summed E-state index contributed by atoms with van der Waals surface area (Å²) in [4.78, 5) is 12.4. The summed E-state index contributed by atoms with van der Waals surface area (Å²) >= 11 is 0. The number of anilines is 1. The van der Waals surface area contributed by atoms with Gasteiger partial charge in [-0.25, -0.2) is 0 Å². The van der Waals surface area contributed by atoms with Gasteiger partial charge in [0.2, 0.25) is 0 Å². The van der Waals surface area contributed by atoms with Crippen LogP contribution >= 0.6 is 0 Å². The molecular weight excluding hydrogens is 250 g/mol. The normalized spacial score (nSPS) is 17.4. The van der Waals surface area contributed by atoms with Gasteiger partial charge in [-0.3, -0.25) is 4.79 Å². The van der Waals surface area contributed by atoms with Gasteiger partial charge < -0.3 is 10.1 Å². The first-order valence-corrected chi connectivity index (χ1v) is 6.81. The molecule has 0 radical (unpaired) electrons. The second kappa shape index (κ2) is 5.47. The van der Waals surface area contributed by atoms with Crippen LogP contribution in [0.1, 0.15) is 22.8 Å². The molecule has 1 heterocycles. The fourth-order valence-corrected chi connectivity index (χ4v) is 2.51. The van der Waals surface area contributed by atoms with Gasteiger partial charge in [0.25, 0.3) is 5.91 Å². The Bertz CT molecular complexity index is 622. The SMILES string of the molecule is Cc1ccc2c(c1)C(C(=O)Nc1ccccc1)OCC2. The number of ether oxygens (including phenoxy) is 1. The van der Waals surface area contributed by atoms with E-state index in [0.29, 0.717) is 6.61 Å². The first kappa shape index (κ1) is 12.9. The zero-order chi connectivity index (χ0) is 13.9. The molecule has 2 aromatic carbocycles. The van der Waals surface area contributed by atoms with Crippen LogP contribution in [-0.4, -0.2) is 12.5 Å². The third-order valence-corrected chi connectivity index (χ3v) is 3.52. The van der Waals surface area contributed by atoms with E-state index in [9.17, 15) is 4.79 Å². The van der Waals surface area contributed by atoms with Gasteiger partial charge in [-0.15, -0.1) is 0 Å². The van der Waals surface area contributed by atoms with E-state index in [2.05, 4.69) is 17.4 Å². The summed E-state index contributed by atoms with van der Waals surface area (Å²) in [6, 6.07) is 15.7. The predicted molar refractivity (Wildman–Crippen MR) is 78.6 cm³/mol. The molecule has 102 valence electrons. The number of carbonyl (C=O) groups excluding carboxylic acids is 1. The summed E-state index contributed by atoms with van der Waals surface area (Å²) in [5.41, 5.74) is 4.13. The summed E-state index contributed by atoms with van der Waals surface area (Å²) in [6.07, 6.45) is 0.351. The van der Waals surface area contributed by atoms with Crippen molar-refractivity contribution in [2.45, 2.75) is 19.4 Å². The van der Waals surface area contributed by atoms with Crippen molar-refractivity contribution in [3.05, 3.63) is 65.2 Å². The molecule has 1 atom stereocenters. The van der Waals surface area contributed by atoms with Crippen LogP contribution in [0.25, 0.3) is 0 Å². The van der Waals surface area contributed by atoms with E-state index in [0.717, 1.165) is 23.2 Å². The Morgan fingerprint density at radius 1 is 1.20 bits per heavy atom. The predicted octanol–water partition coefficient (Wildman–Crippen LogP) is 3.25. The number of benzene rings is 2. The smallest absolute Gasteiger partial charge is 0.258 e. The number of fused-ring (bicyclic) bond motifs is 1. The molecule has 1 N–H and O–H groups in total. The maximum Gasteiger partial charge on any atom is 0.258 e. The molecule has 1 aliphatic rings. The highest BCUT2D eigenvalue weighted by Crippen LogP contribution is 2.29. The van der Waals surface area contributed by atoms with E-state index in [1.54, 1.807) is 0 Å². The molecule has 0 aromatic heterocycles. The van der Waals surface area contributed by atoms with E-state index in [1.807, 2.05) is 43.3 Å². The number of rotatable bonds is 2. The third kappa shape index (κ3) is 2.58. The molecule has 2 aromatic rings. The minimum absolute atomic E-state index is 0.109. The molecule has 0 bridgehead atoms. The summed E-state index contributed by atoms with van der Waals surface area (Å²) in [5, 5.41) is 2.91. The van der Waals surface area contributed by atoms with Crippen LogP contribution in [-0.2, 0) is 16.0 Å². The van der Waals surface area contributed by atoms with Gasteiger partial charge in [0, 0.05) is 5.69 Å². The minimum Gasteiger partial charge on any atom is -0.363 e. The first-order chi connectivity index (χ1) is 9.74. The van der Waals surface area contributed by atoms with Gasteiger partial charge in [-0.1, -0.05) is 42.0 Å². The van der Waals surface area contributed by atoms with E-state index in [4.69, 9.17) is 4.74 Å². The number of aryl methyl sites for hydroxylation is 1. The van der Waals surface area contributed by atoms with Crippen molar-refractivity contribution in [3.63, 3.8) is 0 Å². The quantitative estimate of drug-likeness (QED) is 0.907. The zero-order valence-corrected chi connectivity index (χ0v) is 11.4. The van der Waals surface area contributed by atoms with Gasteiger partial charge in [-0.2, -0.15) is 0 Å². The zero-order valence-electron chi connectivity index (χ0n) is 11.4. The maximum atomic E-state index is 12.4. The van der Waals surface area contributed by atoms with Crippen LogP contribution in [0.15, 0.2) is 48.5 Å². The lowest BCUT2D eigenvalue weighted by Gasteiger charge is -2.25. The van der Waals surface area contributed by atoms with E-state index in [-0.39, 0.29) is 5.91 Å². The highest BCUT2D eigenvalue weighted by Gasteiger charge is 2.27. The largest absolute Gasteiger partial charge is 0.363 e. The molecule has 0 aliphatic carbocycles. The summed E-state index contributed by atoms with van der Waals surface area (Å²) in [7, 11) is 0. The standard InChI is InChI=1S/C17H17NO2/c1-12-7-8-13-9-10-20-16(15(13)11-12)17(19)18-14-5-3-2-4-6-14/h2-8,11,16H,9-10H2,1H3,(H,18,19). The Kier molecular flexibility index (Phi) is 3.52. The van der Waals surface area contributed by atoms with Gasteiger partial charge >= 0.3 is 0 Å². The van der Waals surface area contributed by atoms with E-state index < -0.39 is 6.10 Å². The number of amides is 1. The van der Waals surface area contributed by atoms with E-state index >= 15 is 0 Å². The first-order valence-electron chi connectivity index (χ1n) is 6.81. The Morgan fingerprint density at radius 2 is 2.00 bits per heavy atom. The molecule has 3 heteroatoms. The Hall–Kier alpha value is -2.13. The molecule has 3 rings (SSSR count). The molecule has 20 heavy (non-hydrogen) atoms. The second-order valence-corrected chi connectivity index (χ2v) is 5.06. The monoisotopic (exact) mass is 267 g/mol. The summed E-state index contributed by atoms with van der Waals surface area (Å²) in [6.45, 7) is 2.62. The highest BCUT2D eigenvalue weighted by molar-refractivity contribution is 5.95. The van der Waals surface area contributed by atoms with Gasteiger partial charge in [0.1, 0.15) is 0 Å². The molecule has 0 saturated heterocycles. The molecule has 1 amide bonds. The fourth-order valence-electron chi connectivity index (χ4n) is 2.51. The fraction of sp³-hybridized carbons (Fsp3) is 0.235. The average molecular weight is 267 g/mol. The molecule has 3 nitrogen and oxygen atoms in total. The van der Waals surface area contributed by atoms with Crippen molar-refractivity contribution in [1.82, 2.24) is 0 Å². The number of carbonyl (C=O) groups is 1. The number of hydrogen-bond donors (Lipinski definition) is 1. The molecule has 0 fully saturated rings. The van der Waals surface area contributed by atoms with Crippen molar-refractivity contribution in [2.24, 2.45) is 0 Å². The lowest BCUT2D eigenvalue weighted by atomic mass is 9.95. The van der Waals surface area contributed by atoms with Crippen LogP contribution in [0.4, 0.5) is 5.69 Å². The Balaban J connectivity index is 1.85. The Labute approximate surface area is 118 Å². The Morgan fingerprint density at radius 3 is 2.80 bits per heavy atom. The van der Waals surface area contributed by atoms with Crippen LogP contribution in [0.5, 0.6) is 0 Å². The molecule has 0 spiro atoms. The average Bonchev–Trinajstić information content (AvgIpc) is 2.47. The molecule has 0 saturated carbocycles. The van der Waals surface area contributed by atoms with Crippen LogP contribution in [0, 0.1) is 6.92 Å². The van der Waals surface area contributed by atoms with Crippen LogP contribution < -0.4 is 5.32 Å². The van der Waals surface area contributed by atoms with Crippen molar-refractivity contribution >= 4 is 11.6 Å². The highest BCUT2D eigenvalue weighted by atomic mass is 16.5. The number of hydrogen-bond acceptors (Lipinski definition) is 2. The van der Waals surface area contributed by atoms with Crippen molar-refractivity contribution in [3.8, 4) is 0 Å². The van der Waals surface area contributed by atoms with E-state index in [1.165, 1.54) is 5.56 Å². The molecular formula is C17H17NO2. The second-order valence-electron chi connectivity index (χ2n) is 5.06. The molecule has 1 aliphatic heterocycles. The van der Waals surface area contributed by atoms with Gasteiger partial charge in [-0.05, 0) is 36.6 Å². The topological polar surface area (TPSA) is 38.3 Å². The third-order valence-electron chi connectivity index (χ3n) is 3.52. The summed E-state index contributed by atoms with van der Waals surface area (Å²) < 4.78 is 5.68. The van der Waals surface area contributed by atoms with Crippen LogP contribution in [0.3, 0.4) is 0 Å². The molecule has 1 unspecified atom stereocenters. The number of para-hydroxylation sites is 1. The number of nitrogens with one attached hydrogen (secondary N) is 1. The van der Waals surface area contributed by atoms with Gasteiger partial charge in [0.15, 0.2) is 6.10 Å². The lowest BCUT2D eigenvalue weighted by Crippen LogP contribution is -2.28. The van der Waals surface area contributed by atoms with Crippen molar-refractivity contribution in [2.75, 3.05) is 11.9 Å². The van der Waals surface area contributed by atoms with Crippen molar-refractivity contribution in [1.29, 1.82) is 0 Å². The lowest BCUT2D eigenvalue weighted by molar-refractivity contribution is -0.128. The van der Waals surface area contributed by atoms with Gasteiger partial charge in [0.05, 0.1) is 6.61 Å². The minimum atomic E-state index is -0.515. The summed E-state index contributed by atoms with van der Waals surface area (Å²) in [5.74, 6) is -0.109. The van der Waals surface area contributed by atoms with Crippen molar-refractivity contribution < 1.29 is 9.53 Å².